The highest BCUT2D eigenvalue weighted by molar-refractivity contribution is 9.09. The number of thioether (sulfide) groups is 1. The van der Waals surface area contributed by atoms with E-state index in [0.717, 1.165) is 40.0 Å². The van der Waals surface area contributed by atoms with Crippen LogP contribution in [0.1, 0.15) is 12.0 Å². The highest BCUT2D eigenvalue weighted by Crippen LogP contribution is 2.31. The maximum atomic E-state index is 12.6. The summed E-state index contributed by atoms with van der Waals surface area (Å²) in [4.78, 5) is 4.27. The summed E-state index contributed by atoms with van der Waals surface area (Å²) in [6.45, 7) is 0. The zero-order valence-corrected chi connectivity index (χ0v) is 12.3. The van der Waals surface area contributed by atoms with Crippen LogP contribution in [0, 0.1) is 0 Å². The van der Waals surface area contributed by atoms with Crippen molar-refractivity contribution in [3.8, 4) is 0 Å². The molecule has 0 fully saturated rings. The summed E-state index contributed by atoms with van der Waals surface area (Å²) in [5, 5.41) is 2.39. The summed E-state index contributed by atoms with van der Waals surface area (Å²) in [5.41, 5.74) is -0.270. The molecule has 2 rings (SSSR count). The molecule has 1 aromatic heterocycles. The van der Waals surface area contributed by atoms with E-state index in [1.54, 1.807) is 17.8 Å². The van der Waals surface area contributed by atoms with E-state index in [4.69, 9.17) is 0 Å². The summed E-state index contributed by atoms with van der Waals surface area (Å²) in [7, 11) is 0. The molecule has 6 heteroatoms. The van der Waals surface area contributed by atoms with Gasteiger partial charge in [0, 0.05) is 16.5 Å². The van der Waals surface area contributed by atoms with Crippen LogP contribution in [0.2, 0.25) is 0 Å². The molecule has 0 spiro atoms. The molecule has 1 heterocycles. The maximum absolute atomic E-state index is 12.6. The van der Waals surface area contributed by atoms with Crippen LogP contribution in [0.4, 0.5) is 13.2 Å². The van der Waals surface area contributed by atoms with Gasteiger partial charge in [0.25, 0.3) is 0 Å². The summed E-state index contributed by atoms with van der Waals surface area (Å²) in [6, 6.07) is 7.29. The summed E-state index contributed by atoms with van der Waals surface area (Å²) in [6.07, 6.45) is -3.33. The monoisotopic (exact) mass is 349 g/mol. The molecule has 0 unspecified atom stereocenters. The number of fused-ring (bicyclic) bond motifs is 1. The third-order valence-corrected chi connectivity index (χ3v) is 4.10. The van der Waals surface area contributed by atoms with E-state index in [0.29, 0.717) is 5.52 Å². The molecule has 0 radical (unpaired) electrons. The van der Waals surface area contributed by atoms with Crippen LogP contribution >= 0.6 is 27.7 Å². The van der Waals surface area contributed by atoms with Crippen molar-refractivity contribution in [3.63, 3.8) is 0 Å². The van der Waals surface area contributed by atoms with Gasteiger partial charge < -0.3 is 0 Å². The Morgan fingerprint density at radius 3 is 2.58 bits per heavy atom. The van der Waals surface area contributed by atoms with Crippen LogP contribution in [0.25, 0.3) is 10.9 Å². The Morgan fingerprint density at radius 2 is 1.89 bits per heavy atom. The Balaban J connectivity index is 2.29. The highest BCUT2D eigenvalue weighted by atomic mass is 79.9. The SMILES string of the molecule is FC(F)(F)c1ccc2ccc(SCCCBr)nc2c1. The second kappa shape index (κ2) is 6.13. The van der Waals surface area contributed by atoms with E-state index >= 15 is 0 Å². The number of benzene rings is 1. The van der Waals surface area contributed by atoms with Gasteiger partial charge in [-0.1, -0.05) is 28.1 Å². The molecule has 0 atom stereocenters. The van der Waals surface area contributed by atoms with Gasteiger partial charge in [-0.3, -0.25) is 0 Å². The van der Waals surface area contributed by atoms with Gasteiger partial charge in [0.15, 0.2) is 0 Å². The molecule has 0 aliphatic rings. The lowest BCUT2D eigenvalue weighted by atomic mass is 10.1. The largest absolute Gasteiger partial charge is 0.416 e. The molecule has 1 aromatic carbocycles. The van der Waals surface area contributed by atoms with E-state index in [9.17, 15) is 13.2 Å². The zero-order chi connectivity index (χ0) is 13.9. The second-order valence-electron chi connectivity index (χ2n) is 3.95. The van der Waals surface area contributed by atoms with Crippen LogP contribution in [-0.2, 0) is 6.18 Å². The zero-order valence-electron chi connectivity index (χ0n) is 9.88. The van der Waals surface area contributed by atoms with Crippen molar-refractivity contribution in [1.82, 2.24) is 4.98 Å². The third-order valence-electron chi connectivity index (χ3n) is 2.52. The van der Waals surface area contributed by atoms with Gasteiger partial charge in [-0.25, -0.2) is 4.98 Å². The molecule has 0 bridgehead atoms. The van der Waals surface area contributed by atoms with E-state index in [2.05, 4.69) is 20.9 Å². The van der Waals surface area contributed by atoms with Gasteiger partial charge in [0.1, 0.15) is 0 Å². The van der Waals surface area contributed by atoms with Crippen molar-refractivity contribution in [1.29, 1.82) is 0 Å². The van der Waals surface area contributed by atoms with Crippen molar-refractivity contribution in [2.75, 3.05) is 11.1 Å². The molecule has 2 aromatic rings. The lowest BCUT2D eigenvalue weighted by Crippen LogP contribution is -2.04. The lowest BCUT2D eigenvalue weighted by molar-refractivity contribution is -0.137. The topological polar surface area (TPSA) is 12.9 Å². The van der Waals surface area contributed by atoms with Crippen LogP contribution in [0.15, 0.2) is 35.4 Å². The van der Waals surface area contributed by atoms with E-state index < -0.39 is 11.7 Å². The van der Waals surface area contributed by atoms with Gasteiger partial charge >= 0.3 is 6.18 Å². The molecule has 1 nitrogen and oxygen atoms in total. The van der Waals surface area contributed by atoms with E-state index in [-0.39, 0.29) is 0 Å². The fourth-order valence-corrected chi connectivity index (χ4v) is 3.06. The van der Waals surface area contributed by atoms with E-state index in [1.165, 1.54) is 6.07 Å². The Kier molecular flexibility index (Phi) is 4.73. The highest BCUT2D eigenvalue weighted by Gasteiger charge is 2.30. The van der Waals surface area contributed by atoms with Crippen LogP contribution < -0.4 is 0 Å². The Labute approximate surface area is 121 Å². The number of halogens is 4. The molecular weight excluding hydrogens is 339 g/mol. The van der Waals surface area contributed by atoms with E-state index in [1.807, 2.05) is 6.07 Å². The van der Waals surface area contributed by atoms with Crippen molar-refractivity contribution in [2.24, 2.45) is 0 Å². The molecule has 0 saturated carbocycles. The van der Waals surface area contributed by atoms with Gasteiger partial charge in [-0.2, -0.15) is 13.2 Å². The average Bonchev–Trinajstić information content (AvgIpc) is 2.37. The number of aromatic nitrogens is 1. The van der Waals surface area contributed by atoms with Crippen molar-refractivity contribution >= 4 is 38.6 Å². The minimum Gasteiger partial charge on any atom is -0.241 e. The minimum absolute atomic E-state index is 0.388. The number of nitrogens with zero attached hydrogens (tertiary/aromatic N) is 1. The van der Waals surface area contributed by atoms with Crippen LogP contribution in [-0.4, -0.2) is 16.1 Å². The third kappa shape index (κ3) is 3.86. The molecular formula is C13H11BrF3NS. The quantitative estimate of drug-likeness (QED) is 0.431. The van der Waals surface area contributed by atoms with Crippen molar-refractivity contribution in [3.05, 3.63) is 35.9 Å². The first-order valence-electron chi connectivity index (χ1n) is 5.67. The van der Waals surface area contributed by atoms with Gasteiger partial charge in [0.2, 0.25) is 0 Å². The predicted molar refractivity (Wildman–Crippen MR) is 75.9 cm³/mol. The molecule has 0 aliphatic heterocycles. The summed E-state index contributed by atoms with van der Waals surface area (Å²) < 4.78 is 37.9. The van der Waals surface area contributed by atoms with Crippen LogP contribution in [0.5, 0.6) is 0 Å². The first-order valence-corrected chi connectivity index (χ1v) is 7.78. The Morgan fingerprint density at radius 1 is 1.16 bits per heavy atom. The fraction of sp³-hybridized carbons (Fsp3) is 0.308. The average molecular weight is 350 g/mol. The fourth-order valence-electron chi connectivity index (χ4n) is 1.59. The van der Waals surface area contributed by atoms with Crippen molar-refractivity contribution < 1.29 is 13.2 Å². The van der Waals surface area contributed by atoms with Gasteiger partial charge in [-0.15, -0.1) is 11.8 Å². The predicted octanol–water partition coefficient (Wildman–Crippen LogP) is 5.13. The maximum Gasteiger partial charge on any atom is 0.416 e. The molecule has 0 amide bonds. The number of alkyl halides is 4. The minimum atomic E-state index is -4.32. The molecule has 102 valence electrons. The van der Waals surface area contributed by atoms with Crippen LogP contribution in [0.3, 0.4) is 0 Å². The molecule has 0 aliphatic carbocycles. The Hall–Kier alpha value is -0.750. The van der Waals surface area contributed by atoms with Gasteiger partial charge in [-0.05, 0) is 24.6 Å². The lowest BCUT2D eigenvalue weighted by Gasteiger charge is -2.08. The first-order chi connectivity index (χ1) is 9.00. The molecule has 19 heavy (non-hydrogen) atoms. The molecule has 0 saturated heterocycles. The number of hydrogen-bond acceptors (Lipinski definition) is 2. The number of hydrogen-bond donors (Lipinski definition) is 0. The van der Waals surface area contributed by atoms with Gasteiger partial charge in [0.05, 0.1) is 16.1 Å². The smallest absolute Gasteiger partial charge is 0.241 e. The Bertz CT molecular complexity index is 571. The number of pyridine rings is 1. The summed E-state index contributed by atoms with van der Waals surface area (Å²) >= 11 is 4.89. The second-order valence-corrected chi connectivity index (χ2v) is 5.85. The summed E-state index contributed by atoms with van der Waals surface area (Å²) in [5.74, 6) is 0.892. The van der Waals surface area contributed by atoms with Crippen molar-refractivity contribution in [2.45, 2.75) is 17.6 Å². The molecule has 0 N–H and O–H groups in total. The normalized spacial score (nSPS) is 12.0. The number of rotatable bonds is 4. The first kappa shape index (κ1) is 14.7. The standard InChI is InChI=1S/C13H11BrF3NS/c14-6-1-7-19-12-5-3-9-2-4-10(13(15,16)17)8-11(9)18-12/h2-5,8H,1,6-7H2.